The van der Waals surface area contributed by atoms with Crippen LogP contribution in [-0.4, -0.2) is 26.9 Å². The van der Waals surface area contributed by atoms with Crippen LogP contribution in [0.1, 0.15) is 57.5 Å². The van der Waals surface area contributed by atoms with E-state index in [9.17, 15) is 9.59 Å². The SMILES string of the molecule is O=C(c1ccc2c(=O)n3c(nc2c1)CCCCC3)N1CCc2sccc2[C@@H]1c1ccccc1. The number of amides is 1. The second-order valence-corrected chi connectivity index (χ2v) is 9.89. The largest absolute Gasteiger partial charge is 0.327 e. The molecule has 4 aromatic rings. The molecule has 1 atom stereocenters. The lowest BCUT2D eigenvalue weighted by molar-refractivity contribution is 0.0696. The summed E-state index contributed by atoms with van der Waals surface area (Å²) in [5, 5.41) is 2.71. The predicted octanol–water partition coefficient (Wildman–Crippen LogP) is 4.97. The predicted molar refractivity (Wildman–Crippen MR) is 131 cm³/mol. The summed E-state index contributed by atoms with van der Waals surface area (Å²) >= 11 is 1.77. The molecule has 0 fully saturated rings. The standard InChI is InChI=1S/C27H25N3O2S/c31-26(30-15-12-23-21(13-16-33-23)25(30)18-7-3-1-4-8-18)19-10-11-20-22(17-19)28-24-9-5-2-6-14-29(24)27(20)32/h1,3-4,7-8,10-11,13,16-17,25H,2,5-6,9,12,14-15H2/t25-/m0/s1. The highest BCUT2D eigenvalue weighted by Gasteiger charge is 2.33. The van der Waals surface area contributed by atoms with E-state index in [1.807, 2.05) is 33.7 Å². The quantitative estimate of drug-likeness (QED) is 0.429. The van der Waals surface area contributed by atoms with Crippen molar-refractivity contribution >= 4 is 28.1 Å². The van der Waals surface area contributed by atoms with Gasteiger partial charge in [0.1, 0.15) is 5.82 Å². The van der Waals surface area contributed by atoms with Gasteiger partial charge < -0.3 is 4.90 Å². The molecule has 6 rings (SSSR count). The highest BCUT2D eigenvalue weighted by atomic mass is 32.1. The third-order valence-corrected chi connectivity index (χ3v) is 7.90. The number of rotatable bonds is 2. The lowest BCUT2D eigenvalue weighted by Crippen LogP contribution is -2.40. The van der Waals surface area contributed by atoms with Crippen molar-refractivity contribution < 1.29 is 4.79 Å². The van der Waals surface area contributed by atoms with Gasteiger partial charge in [-0.2, -0.15) is 0 Å². The number of hydrogen-bond acceptors (Lipinski definition) is 4. The zero-order valence-electron chi connectivity index (χ0n) is 18.4. The van der Waals surface area contributed by atoms with Crippen LogP contribution in [0.5, 0.6) is 0 Å². The molecule has 4 heterocycles. The van der Waals surface area contributed by atoms with Gasteiger partial charge in [-0.15, -0.1) is 11.3 Å². The summed E-state index contributed by atoms with van der Waals surface area (Å²) in [6, 6.07) is 17.7. The fourth-order valence-corrected chi connectivity index (χ4v) is 6.15. The molecule has 33 heavy (non-hydrogen) atoms. The van der Waals surface area contributed by atoms with Crippen molar-refractivity contribution in [3.05, 3.63) is 97.7 Å². The Morgan fingerprint density at radius 1 is 0.970 bits per heavy atom. The molecule has 1 amide bonds. The summed E-state index contributed by atoms with van der Waals surface area (Å²) in [4.78, 5) is 35.0. The first-order valence-electron chi connectivity index (χ1n) is 11.7. The first-order valence-corrected chi connectivity index (χ1v) is 12.5. The molecule has 0 aliphatic carbocycles. The molecular weight excluding hydrogens is 430 g/mol. The van der Waals surface area contributed by atoms with Crippen LogP contribution in [0, 0.1) is 0 Å². The molecule has 0 unspecified atom stereocenters. The third kappa shape index (κ3) is 3.49. The summed E-state index contributed by atoms with van der Waals surface area (Å²) < 4.78 is 1.82. The Kier molecular flexibility index (Phi) is 5.10. The van der Waals surface area contributed by atoms with Crippen molar-refractivity contribution in [3.8, 4) is 0 Å². The van der Waals surface area contributed by atoms with E-state index < -0.39 is 0 Å². The molecule has 0 saturated carbocycles. The van der Waals surface area contributed by atoms with Crippen LogP contribution in [0.3, 0.4) is 0 Å². The fourth-order valence-electron chi connectivity index (χ4n) is 5.25. The van der Waals surface area contributed by atoms with Crippen LogP contribution < -0.4 is 5.56 Å². The lowest BCUT2D eigenvalue weighted by atomic mass is 9.92. The number of fused-ring (bicyclic) bond motifs is 3. The van der Waals surface area contributed by atoms with Gasteiger partial charge in [0, 0.05) is 30.0 Å². The third-order valence-electron chi connectivity index (χ3n) is 6.91. The molecule has 5 nitrogen and oxygen atoms in total. The zero-order valence-corrected chi connectivity index (χ0v) is 19.2. The molecule has 0 bridgehead atoms. The number of hydrogen-bond donors (Lipinski definition) is 0. The van der Waals surface area contributed by atoms with Gasteiger partial charge in [0.25, 0.3) is 11.5 Å². The number of carbonyl (C=O) groups excluding carboxylic acids is 1. The smallest absolute Gasteiger partial charge is 0.261 e. The molecule has 166 valence electrons. The Morgan fingerprint density at radius 3 is 2.73 bits per heavy atom. The van der Waals surface area contributed by atoms with E-state index in [1.165, 1.54) is 10.4 Å². The Hall–Kier alpha value is -3.25. The molecule has 2 aliphatic heterocycles. The molecule has 2 aliphatic rings. The molecule has 2 aromatic carbocycles. The van der Waals surface area contributed by atoms with E-state index in [4.69, 9.17) is 4.98 Å². The van der Waals surface area contributed by atoms with Gasteiger partial charge in [-0.25, -0.2) is 4.98 Å². The summed E-state index contributed by atoms with van der Waals surface area (Å²) in [6.07, 6.45) is 4.85. The van der Waals surface area contributed by atoms with Gasteiger partial charge in [-0.05, 0) is 60.0 Å². The normalized spacial score (nSPS) is 17.9. The van der Waals surface area contributed by atoms with Crippen LogP contribution in [-0.2, 0) is 19.4 Å². The van der Waals surface area contributed by atoms with E-state index in [1.54, 1.807) is 23.5 Å². The second-order valence-electron chi connectivity index (χ2n) is 8.89. The maximum atomic E-state index is 13.8. The summed E-state index contributed by atoms with van der Waals surface area (Å²) in [5.41, 5.74) is 3.57. The van der Waals surface area contributed by atoms with Crippen molar-refractivity contribution in [1.82, 2.24) is 14.5 Å². The van der Waals surface area contributed by atoms with E-state index in [-0.39, 0.29) is 17.5 Å². The monoisotopic (exact) mass is 455 g/mol. The highest BCUT2D eigenvalue weighted by Crippen LogP contribution is 2.38. The van der Waals surface area contributed by atoms with E-state index in [0.717, 1.165) is 50.0 Å². The van der Waals surface area contributed by atoms with Crippen molar-refractivity contribution in [1.29, 1.82) is 0 Å². The second kappa shape index (κ2) is 8.27. The number of aryl methyl sites for hydroxylation is 1. The lowest BCUT2D eigenvalue weighted by Gasteiger charge is -2.36. The highest BCUT2D eigenvalue weighted by molar-refractivity contribution is 7.10. The molecule has 0 N–H and O–H groups in total. The van der Waals surface area contributed by atoms with E-state index >= 15 is 0 Å². The molecule has 6 heteroatoms. The van der Waals surface area contributed by atoms with Gasteiger partial charge in [0.2, 0.25) is 0 Å². The van der Waals surface area contributed by atoms with Gasteiger partial charge in [0.15, 0.2) is 0 Å². The number of aromatic nitrogens is 2. The minimum atomic E-state index is -0.102. The van der Waals surface area contributed by atoms with Crippen molar-refractivity contribution in [3.63, 3.8) is 0 Å². The van der Waals surface area contributed by atoms with E-state index in [2.05, 4.69) is 23.6 Å². The number of benzene rings is 2. The minimum Gasteiger partial charge on any atom is -0.327 e. The van der Waals surface area contributed by atoms with Crippen molar-refractivity contribution in [2.75, 3.05) is 6.54 Å². The topological polar surface area (TPSA) is 55.2 Å². The van der Waals surface area contributed by atoms with Gasteiger partial charge >= 0.3 is 0 Å². The molecule has 2 aromatic heterocycles. The Balaban J connectivity index is 1.42. The average Bonchev–Trinajstić information content (AvgIpc) is 3.21. The first kappa shape index (κ1) is 20.4. The van der Waals surface area contributed by atoms with Crippen LogP contribution in [0.2, 0.25) is 0 Å². The average molecular weight is 456 g/mol. The summed E-state index contributed by atoms with van der Waals surface area (Å²) in [6.45, 7) is 1.40. The Labute approximate surface area is 196 Å². The maximum absolute atomic E-state index is 13.8. The van der Waals surface area contributed by atoms with Gasteiger partial charge in [0.05, 0.1) is 16.9 Å². The zero-order chi connectivity index (χ0) is 22.4. The van der Waals surface area contributed by atoms with Crippen LogP contribution in [0.4, 0.5) is 0 Å². The van der Waals surface area contributed by atoms with E-state index in [0.29, 0.717) is 23.0 Å². The maximum Gasteiger partial charge on any atom is 0.261 e. The van der Waals surface area contributed by atoms with Crippen LogP contribution in [0.25, 0.3) is 10.9 Å². The minimum absolute atomic E-state index is 0.0129. The number of nitrogens with zero attached hydrogens (tertiary/aromatic N) is 3. The van der Waals surface area contributed by atoms with Crippen LogP contribution in [0.15, 0.2) is 64.8 Å². The molecule has 0 saturated heterocycles. The van der Waals surface area contributed by atoms with Crippen molar-refractivity contribution in [2.24, 2.45) is 0 Å². The number of thiophene rings is 1. The van der Waals surface area contributed by atoms with Gasteiger partial charge in [-0.3, -0.25) is 14.2 Å². The first-order chi connectivity index (χ1) is 16.2. The Morgan fingerprint density at radius 2 is 1.85 bits per heavy atom. The van der Waals surface area contributed by atoms with Crippen LogP contribution >= 0.6 is 11.3 Å². The Bertz CT molecular complexity index is 1410. The molecular formula is C27H25N3O2S. The molecule has 0 radical (unpaired) electrons. The molecule has 0 spiro atoms. The van der Waals surface area contributed by atoms with Gasteiger partial charge in [-0.1, -0.05) is 36.8 Å². The number of carbonyl (C=O) groups is 1. The summed E-state index contributed by atoms with van der Waals surface area (Å²) in [5.74, 6) is 0.831. The van der Waals surface area contributed by atoms with Crippen molar-refractivity contribution in [2.45, 2.75) is 44.7 Å². The fraction of sp³-hybridized carbons (Fsp3) is 0.296. The summed E-state index contributed by atoms with van der Waals surface area (Å²) in [7, 11) is 0.